The van der Waals surface area contributed by atoms with Crippen molar-refractivity contribution >= 4 is 18.4 Å². The lowest BCUT2D eigenvalue weighted by atomic mass is 9.96. The summed E-state index contributed by atoms with van der Waals surface area (Å²) < 4.78 is 32.6. The molecule has 1 aliphatic carbocycles. The van der Waals surface area contributed by atoms with Crippen LogP contribution < -0.4 is 5.73 Å². The van der Waals surface area contributed by atoms with Gasteiger partial charge in [0.05, 0.1) is 6.61 Å². The smallest absolute Gasteiger partial charge is 0.379 e. The first-order chi connectivity index (χ1) is 10.9. The van der Waals surface area contributed by atoms with E-state index >= 15 is 0 Å². The molecule has 0 bridgehead atoms. The fraction of sp³-hybridized carbons (Fsp3) is 0.278. The van der Waals surface area contributed by atoms with Crippen LogP contribution in [0, 0.1) is 0 Å². The summed E-state index contributed by atoms with van der Waals surface area (Å²) in [6, 6.07) is 11.2. The van der Waals surface area contributed by atoms with Gasteiger partial charge in [0.25, 0.3) is 0 Å². The number of ether oxygens (including phenoxy) is 1. The molecule has 1 atom stereocenters. The molecule has 0 unspecified atom stereocenters. The summed E-state index contributed by atoms with van der Waals surface area (Å²) in [5, 5.41) is 0. The van der Waals surface area contributed by atoms with Crippen molar-refractivity contribution < 1.29 is 18.3 Å². The van der Waals surface area contributed by atoms with E-state index in [1.165, 1.54) is 6.92 Å². The molecule has 0 fully saturated rings. The third kappa shape index (κ3) is 3.01. The molecule has 2 aromatic carbocycles. The zero-order valence-corrected chi connectivity index (χ0v) is 13.9. The number of carbonyl (C=O) groups is 1. The average molecular weight is 354 g/mol. The fourth-order valence-corrected chi connectivity index (χ4v) is 2.92. The molecule has 2 aromatic rings. The van der Waals surface area contributed by atoms with Gasteiger partial charge in [0.15, 0.2) is 0 Å². The summed E-state index contributed by atoms with van der Waals surface area (Å²) in [6.45, 7) is 1.37. The van der Waals surface area contributed by atoms with Crippen molar-refractivity contribution in [3.8, 4) is 11.1 Å². The zero-order valence-electron chi connectivity index (χ0n) is 13.1. The number of hydrogen-bond donors (Lipinski definition) is 1. The van der Waals surface area contributed by atoms with Crippen molar-refractivity contribution in [3.63, 3.8) is 0 Å². The Morgan fingerprint density at radius 1 is 1.21 bits per heavy atom. The standard InChI is InChI=1S/C18H17F2NO2.ClH/c1-2-23-17(22)18(19,20)16(21)12-7-8-15-13(10-12)9-11-5-3-4-6-14(11)15;/h3-8,10,16H,2,9,21H2,1H3;1H/t16-;/m1./s1. The summed E-state index contributed by atoms with van der Waals surface area (Å²) in [7, 11) is 0. The van der Waals surface area contributed by atoms with E-state index in [1.54, 1.807) is 18.2 Å². The lowest BCUT2D eigenvalue weighted by Gasteiger charge is -2.22. The van der Waals surface area contributed by atoms with Gasteiger partial charge in [0.2, 0.25) is 0 Å². The van der Waals surface area contributed by atoms with Gasteiger partial charge in [-0.15, -0.1) is 12.4 Å². The van der Waals surface area contributed by atoms with Crippen LogP contribution in [0.15, 0.2) is 42.5 Å². The molecular weight excluding hydrogens is 336 g/mol. The van der Waals surface area contributed by atoms with Crippen molar-refractivity contribution in [2.75, 3.05) is 6.61 Å². The fourth-order valence-electron chi connectivity index (χ4n) is 2.92. The van der Waals surface area contributed by atoms with Gasteiger partial charge in [-0.25, -0.2) is 4.79 Å². The van der Waals surface area contributed by atoms with E-state index in [4.69, 9.17) is 5.73 Å². The van der Waals surface area contributed by atoms with Crippen LogP contribution in [0.1, 0.15) is 29.7 Å². The van der Waals surface area contributed by atoms with Crippen molar-refractivity contribution in [2.24, 2.45) is 5.73 Å². The maximum Gasteiger partial charge on any atom is 0.379 e. The van der Waals surface area contributed by atoms with Crippen molar-refractivity contribution in [3.05, 3.63) is 59.2 Å². The highest BCUT2D eigenvalue weighted by Gasteiger charge is 2.47. The Balaban J connectivity index is 0.00000208. The largest absolute Gasteiger partial charge is 0.462 e. The molecule has 6 heteroatoms. The van der Waals surface area contributed by atoms with Crippen molar-refractivity contribution in [1.82, 2.24) is 0 Å². The van der Waals surface area contributed by atoms with Gasteiger partial charge >= 0.3 is 11.9 Å². The molecule has 1 aliphatic rings. The Morgan fingerprint density at radius 2 is 1.88 bits per heavy atom. The predicted molar refractivity (Wildman–Crippen MR) is 90.4 cm³/mol. The molecule has 128 valence electrons. The monoisotopic (exact) mass is 353 g/mol. The van der Waals surface area contributed by atoms with Gasteiger partial charge in [-0.05, 0) is 41.2 Å². The molecule has 0 spiro atoms. The Labute approximate surface area is 145 Å². The Bertz CT molecular complexity index is 764. The van der Waals surface area contributed by atoms with E-state index in [0.29, 0.717) is 6.42 Å². The number of rotatable bonds is 4. The molecule has 0 radical (unpaired) electrons. The summed E-state index contributed by atoms with van der Waals surface area (Å²) in [6.07, 6.45) is 0.678. The number of fused-ring (bicyclic) bond motifs is 3. The average Bonchev–Trinajstić information content (AvgIpc) is 2.91. The molecule has 0 aliphatic heterocycles. The highest BCUT2D eigenvalue weighted by Crippen LogP contribution is 2.39. The molecule has 24 heavy (non-hydrogen) atoms. The van der Waals surface area contributed by atoms with Gasteiger partial charge in [0, 0.05) is 0 Å². The number of nitrogens with two attached hydrogens (primary N) is 1. The van der Waals surface area contributed by atoms with E-state index < -0.39 is 17.9 Å². The number of hydrogen-bond acceptors (Lipinski definition) is 3. The molecule has 0 aromatic heterocycles. The van der Waals surface area contributed by atoms with Gasteiger partial charge < -0.3 is 10.5 Å². The quantitative estimate of drug-likeness (QED) is 0.724. The molecule has 0 saturated heterocycles. The van der Waals surface area contributed by atoms with Crippen LogP contribution in [0.5, 0.6) is 0 Å². The first-order valence-corrected chi connectivity index (χ1v) is 7.47. The Kier molecular flexibility index (Phi) is 5.26. The molecular formula is C18H18ClF2NO2. The number of alkyl halides is 2. The molecule has 0 heterocycles. The van der Waals surface area contributed by atoms with Gasteiger partial charge in [-0.3, -0.25) is 0 Å². The minimum absolute atomic E-state index is 0. The van der Waals surface area contributed by atoms with Crippen molar-refractivity contribution in [2.45, 2.75) is 25.3 Å². The molecule has 0 amide bonds. The first kappa shape index (κ1) is 18.4. The van der Waals surface area contributed by atoms with Gasteiger partial charge in [-0.2, -0.15) is 8.78 Å². The van der Waals surface area contributed by atoms with Gasteiger partial charge in [0.1, 0.15) is 6.04 Å². The lowest BCUT2D eigenvalue weighted by Crippen LogP contribution is -2.41. The van der Waals surface area contributed by atoms with Crippen molar-refractivity contribution in [1.29, 1.82) is 0 Å². The number of halogens is 3. The van der Waals surface area contributed by atoms with Gasteiger partial charge in [-0.1, -0.05) is 42.5 Å². The van der Waals surface area contributed by atoms with Crippen LogP contribution in [0.25, 0.3) is 11.1 Å². The Morgan fingerprint density at radius 3 is 2.58 bits per heavy atom. The molecule has 3 nitrogen and oxygen atoms in total. The molecule has 2 N–H and O–H groups in total. The summed E-state index contributed by atoms with van der Waals surface area (Å²) in [5.74, 6) is -5.34. The van der Waals surface area contributed by atoms with E-state index in [1.807, 2.05) is 24.3 Å². The normalized spacial score (nSPS) is 13.5. The van der Waals surface area contributed by atoms with Crippen LogP contribution >= 0.6 is 12.4 Å². The molecule has 3 rings (SSSR count). The highest BCUT2D eigenvalue weighted by molar-refractivity contribution is 5.85. The van der Waals surface area contributed by atoms with Crippen LogP contribution in [0.2, 0.25) is 0 Å². The van der Waals surface area contributed by atoms with Crippen LogP contribution in [-0.2, 0) is 16.0 Å². The number of esters is 1. The maximum atomic E-state index is 14.1. The third-order valence-corrected chi connectivity index (χ3v) is 4.12. The number of benzene rings is 2. The topological polar surface area (TPSA) is 52.3 Å². The Hall–Kier alpha value is -1.98. The minimum Gasteiger partial charge on any atom is -0.462 e. The third-order valence-electron chi connectivity index (χ3n) is 4.12. The maximum absolute atomic E-state index is 14.1. The number of carbonyl (C=O) groups excluding carboxylic acids is 1. The van der Waals surface area contributed by atoms with Crippen LogP contribution in [-0.4, -0.2) is 18.5 Å². The van der Waals surface area contributed by atoms with E-state index in [2.05, 4.69) is 4.74 Å². The first-order valence-electron chi connectivity index (χ1n) is 7.47. The second-order valence-corrected chi connectivity index (χ2v) is 5.57. The minimum atomic E-state index is -3.75. The van der Waals surface area contributed by atoms with E-state index in [-0.39, 0.29) is 24.6 Å². The van der Waals surface area contributed by atoms with E-state index in [9.17, 15) is 13.6 Å². The zero-order chi connectivity index (χ0) is 16.6. The predicted octanol–water partition coefficient (Wildman–Crippen LogP) is 3.88. The molecule has 0 saturated carbocycles. The van der Waals surface area contributed by atoms with Crippen LogP contribution in [0.4, 0.5) is 8.78 Å². The van der Waals surface area contributed by atoms with Crippen LogP contribution in [0.3, 0.4) is 0 Å². The SMILES string of the molecule is CCOC(=O)C(F)(F)[C@H](N)c1ccc2c(c1)Cc1ccccc1-2.Cl. The summed E-state index contributed by atoms with van der Waals surface area (Å²) in [4.78, 5) is 11.4. The lowest BCUT2D eigenvalue weighted by molar-refractivity contribution is -0.174. The summed E-state index contributed by atoms with van der Waals surface area (Å²) in [5.41, 5.74) is 10.1. The summed E-state index contributed by atoms with van der Waals surface area (Å²) >= 11 is 0. The second kappa shape index (κ2) is 6.87. The van der Waals surface area contributed by atoms with E-state index in [0.717, 1.165) is 22.3 Å². The highest BCUT2D eigenvalue weighted by atomic mass is 35.5. The second-order valence-electron chi connectivity index (χ2n) is 5.57.